The van der Waals surface area contributed by atoms with Crippen molar-refractivity contribution in [1.29, 1.82) is 0 Å². The average Bonchev–Trinajstić information content (AvgIpc) is 3.19. The minimum absolute atomic E-state index is 0.182. The van der Waals surface area contributed by atoms with Crippen LogP contribution in [0.3, 0.4) is 0 Å². The Labute approximate surface area is 148 Å². The van der Waals surface area contributed by atoms with Gasteiger partial charge < -0.3 is 14.6 Å². The maximum atomic E-state index is 12.8. The highest BCUT2D eigenvalue weighted by molar-refractivity contribution is 5.89. The van der Waals surface area contributed by atoms with Crippen LogP contribution in [-0.4, -0.2) is 63.7 Å². The summed E-state index contributed by atoms with van der Waals surface area (Å²) in [6, 6.07) is 8.55. The number of aliphatic hydroxyl groups is 1. The van der Waals surface area contributed by atoms with Crippen LogP contribution in [0, 0.1) is 0 Å². The lowest BCUT2D eigenvalue weighted by molar-refractivity contribution is -0.132. The van der Waals surface area contributed by atoms with E-state index in [0.717, 1.165) is 51.0 Å². The maximum Gasteiger partial charge on any atom is 0.227 e. The second-order valence-corrected chi connectivity index (χ2v) is 7.44. The molecule has 1 aliphatic carbocycles. The Hall–Kier alpha value is -1.85. The predicted molar refractivity (Wildman–Crippen MR) is 98.4 cm³/mol. The Kier molecular flexibility index (Phi) is 4.52. The number of carbonyl (C=O) groups is 1. The molecule has 2 heterocycles. The molecule has 1 N–H and O–H groups in total. The largest absolute Gasteiger partial charge is 0.391 e. The van der Waals surface area contributed by atoms with Gasteiger partial charge in [0, 0.05) is 56.4 Å². The molecule has 5 nitrogen and oxygen atoms in total. The van der Waals surface area contributed by atoms with Crippen molar-refractivity contribution in [3.8, 4) is 0 Å². The van der Waals surface area contributed by atoms with E-state index < -0.39 is 0 Å². The lowest BCUT2D eigenvalue weighted by Gasteiger charge is -2.39. The van der Waals surface area contributed by atoms with Crippen molar-refractivity contribution in [2.45, 2.75) is 37.8 Å². The van der Waals surface area contributed by atoms with Crippen molar-refractivity contribution in [2.75, 3.05) is 26.2 Å². The number of benzene rings is 1. The molecule has 1 saturated carbocycles. The monoisotopic (exact) mass is 341 g/mol. The summed E-state index contributed by atoms with van der Waals surface area (Å²) in [7, 11) is 2.03. The number of piperazine rings is 1. The Bertz CT molecular complexity index is 761. The molecular formula is C20H27N3O2. The Morgan fingerprint density at radius 3 is 2.64 bits per heavy atom. The lowest BCUT2D eigenvalue weighted by Crippen LogP contribution is -2.53. The highest BCUT2D eigenvalue weighted by Gasteiger charge is 2.33. The third-order valence-electron chi connectivity index (χ3n) is 5.90. The van der Waals surface area contributed by atoms with E-state index in [1.165, 1.54) is 10.9 Å². The third kappa shape index (κ3) is 3.18. The molecule has 1 aromatic carbocycles. The molecule has 1 aromatic heterocycles. The molecule has 0 unspecified atom stereocenters. The summed E-state index contributed by atoms with van der Waals surface area (Å²) in [4.78, 5) is 17.1. The number of fused-ring (bicyclic) bond motifs is 1. The van der Waals surface area contributed by atoms with Crippen LogP contribution >= 0.6 is 0 Å². The van der Waals surface area contributed by atoms with E-state index >= 15 is 0 Å². The Balaban J connectivity index is 1.39. The van der Waals surface area contributed by atoms with Crippen molar-refractivity contribution in [3.05, 3.63) is 36.0 Å². The van der Waals surface area contributed by atoms with Gasteiger partial charge in [0.2, 0.25) is 5.91 Å². The summed E-state index contributed by atoms with van der Waals surface area (Å²) in [5.74, 6) is 0.211. The average molecular weight is 341 g/mol. The van der Waals surface area contributed by atoms with Crippen LogP contribution in [0.4, 0.5) is 0 Å². The molecule has 1 amide bonds. The number of hydrogen-bond donors (Lipinski definition) is 1. The van der Waals surface area contributed by atoms with E-state index in [4.69, 9.17) is 0 Å². The number of rotatable bonds is 3. The SMILES string of the molecule is Cn1cc(CC(=O)N2CCN([C@@H]3CCC[C@H]3O)CC2)c2ccccc21. The summed E-state index contributed by atoms with van der Waals surface area (Å²) in [5, 5.41) is 11.3. The van der Waals surface area contributed by atoms with E-state index in [-0.39, 0.29) is 12.0 Å². The number of aromatic nitrogens is 1. The van der Waals surface area contributed by atoms with Gasteiger partial charge in [0.05, 0.1) is 12.5 Å². The first-order chi connectivity index (χ1) is 12.1. The molecule has 0 bridgehead atoms. The summed E-state index contributed by atoms with van der Waals surface area (Å²) >= 11 is 0. The molecular weight excluding hydrogens is 314 g/mol. The number of amides is 1. The highest BCUT2D eigenvalue weighted by Crippen LogP contribution is 2.25. The first kappa shape index (κ1) is 16.6. The fourth-order valence-corrected chi connectivity index (χ4v) is 4.49. The minimum Gasteiger partial charge on any atom is -0.391 e. The molecule has 1 saturated heterocycles. The Morgan fingerprint density at radius 2 is 1.92 bits per heavy atom. The Morgan fingerprint density at radius 1 is 1.16 bits per heavy atom. The zero-order chi connectivity index (χ0) is 17.4. The number of carbonyl (C=O) groups excluding carboxylic acids is 1. The van der Waals surface area contributed by atoms with Gasteiger partial charge in [-0.1, -0.05) is 18.2 Å². The van der Waals surface area contributed by atoms with E-state index in [1.54, 1.807) is 0 Å². The number of aliphatic hydroxyl groups excluding tert-OH is 1. The van der Waals surface area contributed by atoms with Crippen LogP contribution in [0.25, 0.3) is 10.9 Å². The fraction of sp³-hybridized carbons (Fsp3) is 0.550. The second kappa shape index (κ2) is 6.81. The van der Waals surface area contributed by atoms with Crippen molar-refractivity contribution in [1.82, 2.24) is 14.4 Å². The van der Waals surface area contributed by atoms with Crippen molar-refractivity contribution >= 4 is 16.8 Å². The molecule has 25 heavy (non-hydrogen) atoms. The first-order valence-corrected chi connectivity index (χ1v) is 9.36. The fourth-order valence-electron chi connectivity index (χ4n) is 4.49. The molecule has 0 spiro atoms. The second-order valence-electron chi connectivity index (χ2n) is 7.44. The van der Waals surface area contributed by atoms with Crippen LogP contribution in [0.15, 0.2) is 30.5 Å². The maximum absolute atomic E-state index is 12.8. The van der Waals surface area contributed by atoms with Gasteiger partial charge in [0.15, 0.2) is 0 Å². The summed E-state index contributed by atoms with van der Waals surface area (Å²) < 4.78 is 2.09. The van der Waals surface area contributed by atoms with Crippen LogP contribution in [0.5, 0.6) is 0 Å². The summed E-state index contributed by atoms with van der Waals surface area (Å²) in [5.41, 5.74) is 2.28. The molecule has 2 atom stereocenters. The quantitative estimate of drug-likeness (QED) is 0.926. The third-order valence-corrected chi connectivity index (χ3v) is 5.90. The topological polar surface area (TPSA) is 48.7 Å². The molecule has 0 radical (unpaired) electrons. The number of nitrogens with zero attached hydrogens (tertiary/aromatic N) is 3. The molecule has 2 aliphatic rings. The van der Waals surface area contributed by atoms with Gasteiger partial charge in [-0.3, -0.25) is 9.69 Å². The van der Waals surface area contributed by atoms with E-state index in [1.807, 2.05) is 24.1 Å². The standard InChI is InChI=1S/C20H27N3O2/c1-21-14-15(16-5-2-3-6-17(16)21)13-20(25)23-11-9-22(10-12-23)18-7-4-8-19(18)24/h2-3,5-6,14,18-19,24H,4,7-13H2,1H3/t18-,19-/m1/s1. The summed E-state index contributed by atoms with van der Waals surface area (Å²) in [6.45, 7) is 3.30. The molecule has 1 aliphatic heterocycles. The van der Waals surface area contributed by atoms with Crippen molar-refractivity contribution in [2.24, 2.45) is 7.05 Å². The van der Waals surface area contributed by atoms with E-state index in [0.29, 0.717) is 12.5 Å². The molecule has 4 rings (SSSR count). The van der Waals surface area contributed by atoms with Gasteiger partial charge in [-0.15, -0.1) is 0 Å². The molecule has 2 fully saturated rings. The minimum atomic E-state index is -0.182. The van der Waals surface area contributed by atoms with Crippen molar-refractivity contribution in [3.63, 3.8) is 0 Å². The van der Waals surface area contributed by atoms with Crippen LogP contribution in [0.2, 0.25) is 0 Å². The van der Waals surface area contributed by atoms with E-state index in [9.17, 15) is 9.90 Å². The number of hydrogen-bond acceptors (Lipinski definition) is 3. The van der Waals surface area contributed by atoms with Gasteiger partial charge in [-0.25, -0.2) is 0 Å². The van der Waals surface area contributed by atoms with Crippen LogP contribution in [0.1, 0.15) is 24.8 Å². The summed E-state index contributed by atoms with van der Waals surface area (Å²) in [6.07, 6.45) is 5.49. The number of para-hydroxylation sites is 1. The zero-order valence-corrected chi connectivity index (χ0v) is 14.9. The zero-order valence-electron chi connectivity index (χ0n) is 14.9. The van der Waals surface area contributed by atoms with Crippen LogP contribution < -0.4 is 0 Å². The number of aryl methyl sites for hydroxylation is 1. The van der Waals surface area contributed by atoms with Crippen LogP contribution in [-0.2, 0) is 18.3 Å². The molecule has 5 heteroatoms. The smallest absolute Gasteiger partial charge is 0.227 e. The first-order valence-electron chi connectivity index (χ1n) is 9.36. The van der Waals surface area contributed by atoms with E-state index in [2.05, 4.69) is 27.8 Å². The molecule has 2 aromatic rings. The highest BCUT2D eigenvalue weighted by atomic mass is 16.3. The van der Waals surface area contributed by atoms with Crippen molar-refractivity contribution < 1.29 is 9.90 Å². The van der Waals surface area contributed by atoms with Gasteiger partial charge >= 0.3 is 0 Å². The normalized spacial score (nSPS) is 25.0. The lowest BCUT2D eigenvalue weighted by atomic mass is 10.1. The molecule has 134 valence electrons. The van der Waals surface area contributed by atoms with Gasteiger partial charge in [-0.2, -0.15) is 0 Å². The van der Waals surface area contributed by atoms with Gasteiger partial charge in [-0.05, 0) is 30.9 Å². The van der Waals surface area contributed by atoms with Gasteiger partial charge in [0.1, 0.15) is 0 Å². The van der Waals surface area contributed by atoms with Gasteiger partial charge in [0.25, 0.3) is 0 Å². The predicted octanol–water partition coefficient (Wildman–Crippen LogP) is 1.78.